The number of hydrogen-bond donors (Lipinski definition) is 0. The number of aromatic nitrogens is 4. The molecular weight excluding hydrogens is 447 g/mol. The molecule has 0 saturated carbocycles. The fourth-order valence-electron chi connectivity index (χ4n) is 3.73. The zero-order valence-electron chi connectivity index (χ0n) is 16.9. The van der Waals surface area contributed by atoms with E-state index in [4.69, 9.17) is 27.6 Å². The maximum absolute atomic E-state index is 13.5. The molecule has 5 aromatic rings. The topological polar surface area (TPSA) is 73.8 Å². The van der Waals surface area contributed by atoms with Crippen LogP contribution in [0.25, 0.3) is 22.5 Å². The Hall–Kier alpha value is -3.48. The van der Waals surface area contributed by atoms with Crippen molar-refractivity contribution in [3.63, 3.8) is 0 Å². The van der Waals surface area contributed by atoms with E-state index >= 15 is 0 Å². The van der Waals surface area contributed by atoms with Gasteiger partial charge in [0, 0.05) is 39.4 Å². The van der Waals surface area contributed by atoms with Gasteiger partial charge in [-0.3, -0.25) is 9.78 Å². The van der Waals surface area contributed by atoms with Gasteiger partial charge in [0.2, 0.25) is 0 Å². The van der Waals surface area contributed by atoms with Crippen LogP contribution in [-0.2, 0) is 6.54 Å². The van der Waals surface area contributed by atoms with Gasteiger partial charge < -0.3 is 8.98 Å². The first-order valence-electron chi connectivity index (χ1n) is 9.83. The van der Waals surface area contributed by atoms with Crippen LogP contribution in [0.1, 0.15) is 27.5 Å². The van der Waals surface area contributed by atoms with Crippen molar-refractivity contribution in [2.45, 2.75) is 13.5 Å². The molecule has 0 aliphatic rings. The number of fused-ring (bicyclic) bond motifs is 1. The van der Waals surface area contributed by atoms with Crippen LogP contribution in [0, 0.1) is 6.92 Å². The van der Waals surface area contributed by atoms with Crippen LogP contribution in [0.5, 0.6) is 0 Å². The van der Waals surface area contributed by atoms with E-state index in [-0.39, 0.29) is 17.6 Å². The highest BCUT2D eigenvalue weighted by Crippen LogP contribution is 2.31. The molecular formula is C24H16Cl2N4O2. The highest BCUT2D eigenvalue weighted by molar-refractivity contribution is 6.32. The average Bonchev–Trinajstić information content (AvgIpc) is 3.39. The molecule has 3 aromatic heterocycles. The van der Waals surface area contributed by atoms with Crippen LogP contribution >= 0.6 is 23.2 Å². The van der Waals surface area contributed by atoms with Gasteiger partial charge in [0.05, 0.1) is 5.56 Å². The Balaban J connectivity index is 1.60. The third-order valence-electron chi connectivity index (χ3n) is 5.27. The van der Waals surface area contributed by atoms with Crippen LogP contribution in [0.15, 0.2) is 71.3 Å². The summed E-state index contributed by atoms with van der Waals surface area (Å²) in [5, 5.41) is 9.91. The molecule has 3 heterocycles. The number of carbonyl (C=O) groups excluding carboxylic acids is 1. The molecule has 6 nitrogen and oxygen atoms in total. The summed E-state index contributed by atoms with van der Waals surface area (Å²) in [7, 11) is 0. The van der Waals surface area contributed by atoms with Gasteiger partial charge in [-0.1, -0.05) is 41.4 Å². The van der Waals surface area contributed by atoms with Crippen molar-refractivity contribution in [3.8, 4) is 11.6 Å². The number of nitrogens with zero attached hydrogens (tertiary/aromatic N) is 4. The molecule has 32 heavy (non-hydrogen) atoms. The summed E-state index contributed by atoms with van der Waals surface area (Å²) < 4.78 is 7.74. The van der Waals surface area contributed by atoms with Gasteiger partial charge in [-0.05, 0) is 55.0 Å². The van der Waals surface area contributed by atoms with Crippen LogP contribution in [-0.4, -0.2) is 25.5 Å². The lowest BCUT2D eigenvalue weighted by molar-refractivity contribution is 0.100. The van der Waals surface area contributed by atoms with Crippen molar-refractivity contribution in [3.05, 3.63) is 99.6 Å². The quantitative estimate of drug-likeness (QED) is 0.300. The van der Waals surface area contributed by atoms with E-state index in [0.717, 1.165) is 22.2 Å². The molecule has 0 saturated heterocycles. The van der Waals surface area contributed by atoms with Crippen molar-refractivity contribution < 1.29 is 9.21 Å². The first-order valence-corrected chi connectivity index (χ1v) is 10.6. The number of hydrogen-bond acceptors (Lipinski definition) is 5. The second kappa shape index (κ2) is 8.22. The molecule has 8 heteroatoms. The van der Waals surface area contributed by atoms with Gasteiger partial charge in [-0.15, -0.1) is 10.2 Å². The van der Waals surface area contributed by atoms with Crippen molar-refractivity contribution >= 4 is 39.9 Å². The van der Waals surface area contributed by atoms with E-state index in [9.17, 15) is 4.79 Å². The van der Waals surface area contributed by atoms with Gasteiger partial charge in [-0.25, -0.2) is 0 Å². The molecule has 0 bridgehead atoms. The van der Waals surface area contributed by atoms with Crippen LogP contribution in [0.4, 0.5) is 0 Å². The fraction of sp³-hybridized carbons (Fsp3) is 0.0833. The fourth-order valence-corrected chi connectivity index (χ4v) is 4.03. The lowest BCUT2D eigenvalue weighted by Gasteiger charge is -2.09. The van der Waals surface area contributed by atoms with Gasteiger partial charge in [0.15, 0.2) is 0 Å². The van der Waals surface area contributed by atoms with E-state index in [1.807, 2.05) is 49.4 Å². The van der Waals surface area contributed by atoms with Gasteiger partial charge >= 0.3 is 0 Å². The minimum absolute atomic E-state index is 0.0979. The molecule has 0 radical (unpaired) electrons. The third-order valence-corrected chi connectivity index (χ3v) is 5.76. The predicted molar refractivity (Wildman–Crippen MR) is 123 cm³/mol. The average molecular weight is 463 g/mol. The van der Waals surface area contributed by atoms with E-state index in [2.05, 4.69) is 19.7 Å². The normalized spacial score (nSPS) is 11.2. The summed E-state index contributed by atoms with van der Waals surface area (Å²) in [6.07, 6.45) is 1.62. The van der Waals surface area contributed by atoms with Gasteiger partial charge in [0.1, 0.15) is 5.69 Å². The molecule has 0 atom stereocenters. The highest BCUT2D eigenvalue weighted by Gasteiger charge is 2.26. The summed E-state index contributed by atoms with van der Waals surface area (Å²) in [5.74, 6) is -0.270. The minimum Gasteiger partial charge on any atom is -0.412 e. The molecule has 0 N–H and O–H groups in total. The SMILES string of the molecule is Cc1c(C(=O)c2nnc(-c3ccccn3)o2)c2cc(Cl)ccc2n1Cc1ccc(Cl)cc1. The Morgan fingerprint density at radius 2 is 1.78 bits per heavy atom. The van der Waals surface area contributed by atoms with E-state index < -0.39 is 0 Å². The van der Waals surface area contributed by atoms with Crippen molar-refractivity contribution in [1.82, 2.24) is 19.7 Å². The number of pyridine rings is 1. The third kappa shape index (κ3) is 3.68. The summed E-state index contributed by atoms with van der Waals surface area (Å²) in [6, 6.07) is 18.4. The molecule has 0 fully saturated rings. The lowest BCUT2D eigenvalue weighted by Crippen LogP contribution is -2.06. The Bertz CT molecular complexity index is 1440. The molecule has 2 aromatic carbocycles. The second-order valence-corrected chi connectivity index (χ2v) is 8.16. The zero-order chi connectivity index (χ0) is 22.2. The number of carbonyl (C=O) groups is 1. The minimum atomic E-state index is -0.362. The standard InChI is InChI=1S/C24H16Cl2N4O2/c1-14-21(22(31)24-29-28-23(32-24)19-4-2-3-11-27-19)18-12-17(26)9-10-20(18)30(14)13-15-5-7-16(25)8-6-15/h2-12H,13H2,1H3. The lowest BCUT2D eigenvalue weighted by atomic mass is 10.1. The Morgan fingerprint density at radius 3 is 2.53 bits per heavy atom. The number of benzene rings is 2. The molecule has 0 aliphatic heterocycles. The zero-order valence-corrected chi connectivity index (χ0v) is 18.4. The molecule has 158 valence electrons. The van der Waals surface area contributed by atoms with Crippen LogP contribution in [0.3, 0.4) is 0 Å². The summed E-state index contributed by atoms with van der Waals surface area (Å²) >= 11 is 12.3. The van der Waals surface area contributed by atoms with Gasteiger partial charge in [-0.2, -0.15) is 0 Å². The molecule has 0 spiro atoms. The van der Waals surface area contributed by atoms with Crippen molar-refractivity contribution in [2.24, 2.45) is 0 Å². The monoisotopic (exact) mass is 462 g/mol. The van der Waals surface area contributed by atoms with E-state index in [0.29, 0.717) is 27.8 Å². The van der Waals surface area contributed by atoms with Crippen molar-refractivity contribution in [1.29, 1.82) is 0 Å². The highest BCUT2D eigenvalue weighted by atomic mass is 35.5. The molecule has 0 aliphatic carbocycles. The van der Waals surface area contributed by atoms with E-state index in [1.165, 1.54) is 0 Å². The number of halogens is 2. The summed E-state index contributed by atoms with van der Waals surface area (Å²) in [4.78, 5) is 17.6. The number of ketones is 1. The predicted octanol–water partition coefficient (Wildman–Crippen LogP) is 5.98. The second-order valence-electron chi connectivity index (χ2n) is 7.29. The molecule has 0 unspecified atom stereocenters. The van der Waals surface area contributed by atoms with Gasteiger partial charge in [0.25, 0.3) is 17.6 Å². The molecule has 5 rings (SSSR count). The summed E-state index contributed by atoms with van der Waals surface area (Å²) in [6.45, 7) is 2.46. The van der Waals surface area contributed by atoms with Crippen LogP contribution in [0.2, 0.25) is 10.0 Å². The van der Waals surface area contributed by atoms with Crippen LogP contribution < -0.4 is 0 Å². The van der Waals surface area contributed by atoms with E-state index in [1.54, 1.807) is 24.4 Å². The maximum atomic E-state index is 13.5. The molecule has 0 amide bonds. The first kappa shape index (κ1) is 20.4. The Morgan fingerprint density at radius 1 is 1.00 bits per heavy atom. The number of rotatable bonds is 5. The maximum Gasteiger partial charge on any atom is 0.289 e. The first-order chi connectivity index (χ1) is 15.5. The smallest absolute Gasteiger partial charge is 0.289 e. The largest absolute Gasteiger partial charge is 0.412 e. The van der Waals surface area contributed by atoms with Crippen molar-refractivity contribution in [2.75, 3.05) is 0 Å². The Labute approximate surface area is 193 Å². The summed E-state index contributed by atoms with van der Waals surface area (Å²) in [5.41, 5.74) is 3.70. The Kier molecular flexibility index (Phi) is 5.25.